The number of carboxylic acids is 1. The van der Waals surface area contributed by atoms with Crippen molar-refractivity contribution in [1.82, 2.24) is 9.97 Å². The summed E-state index contributed by atoms with van der Waals surface area (Å²) < 4.78 is 31.7. The van der Waals surface area contributed by atoms with E-state index < -0.39 is 12.1 Å². The van der Waals surface area contributed by atoms with E-state index in [1.165, 1.54) is 25.7 Å². The van der Waals surface area contributed by atoms with Crippen LogP contribution in [-0.2, 0) is 10.3 Å². The summed E-state index contributed by atoms with van der Waals surface area (Å²) in [6.07, 6.45) is 7.62. The number of aliphatic carboxylic acids is 1. The number of alkyl halides is 3. The molecule has 0 aliphatic heterocycles. The van der Waals surface area contributed by atoms with Crippen molar-refractivity contribution in [1.29, 1.82) is 0 Å². The van der Waals surface area contributed by atoms with Gasteiger partial charge >= 0.3 is 12.1 Å². The smallest absolute Gasteiger partial charge is 0.475 e. The molecule has 1 saturated carbocycles. The molecule has 0 radical (unpaired) electrons. The Kier molecular flexibility index (Phi) is 9.60. The van der Waals surface area contributed by atoms with Gasteiger partial charge in [-0.25, -0.2) is 4.79 Å². The van der Waals surface area contributed by atoms with Crippen molar-refractivity contribution in [3.05, 3.63) is 36.2 Å². The first-order valence-electron chi connectivity index (χ1n) is 11.6. The van der Waals surface area contributed by atoms with E-state index in [4.69, 9.17) is 21.4 Å². The Hall–Kier alpha value is -2.26. The number of para-hydroxylation sites is 1. The van der Waals surface area contributed by atoms with Crippen LogP contribution in [0.2, 0.25) is 0 Å². The number of carboxylic acid groups (broad SMARTS) is 1. The number of benzene rings is 1. The number of nitrogens with two attached hydrogens (primary N) is 2. The van der Waals surface area contributed by atoms with Crippen molar-refractivity contribution >= 4 is 17.0 Å². The van der Waals surface area contributed by atoms with Crippen molar-refractivity contribution in [2.24, 2.45) is 23.3 Å². The minimum absolute atomic E-state index is 0.262. The number of unbranched alkanes of at least 4 members (excludes halogenated alkanes) is 2. The van der Waals surface area contributed by atoms with E-state index in [1.54, 1.807) is 12.4 Å². The van der Waals surface area contributed by atoms with E-state index in [9.17, 15) is 13.2 Å². The highest BCUT2D eigenvalue weighted by Crippen LogP contribution is 2.46. The molecule has 1 aromatic carbocycles. The van der Waals surface area contributed by atoms with Gasteiger partial charge in [0.15, 0.2) is 0 Å². The highest BCUT2D eigenvalue weighted by molar-refractivity contribution is 5.78. The van der Waals surface area contributed by atoms with Gasteiger partial charge in [0.1, 0.15) is 0 Å². The quantitative estimate of drug-likeness (QED) is 0.484. The third-order valence-corrected chi connectivity index (χ3v) is 6.66. The van der Waals surface area contributed by atoms with Crippen molar-refractivity contribution in [2.75, 3.05) is 0 Å². The summed E-state index contributed by atoms with van der Waals surface area (Å²) in [7, 11) is 0. The predicted molar refractivity (Wildman–Crippen MR) is 122 cm³/mol. The fraction of sp³-hybridized carbons (Fsp3) is 0.625. The number of halogens is 3. The van der Waals surface area contributed by atoms with Crippen LogP contribution in [0.25, 0.3) is 11.0 Å². The summed E-state index contributed by atoms with van der Waals surface area (Å²) in [6.45, 7) is 4.57. The first-order valence-corrected chi connectivity index (χ1v) is 11.6. The number of hydrogen-bond donors (Lipinski definition) is 3. The van der Waals surface area contributed by atoms with E-state index in [1.807, 2.05) is 6.07 Å². The van der Waals surface area contributed by atoms with Crippen LogP contribution in [-0.4, -0.2) is 33.3 Å². The lowest BCUT2D eigenvalue weighted by Crippen LogP contribution is -2.53. The fourth-order valence-electron chi connectivity index (χ4n) is 4.93. The maximum atomic E-state index is 10.6. The molecule has 0 amide bonds. The molecule has 5 N–H and O–H groups in total. The lowest BCUT2D eigenvalue weighted by molar-refractivity contribution is -0.192. The first kappa shape index (κ1) is 27.0. The molecule has 0 spiro atoms. The van der Waals surface area contributed by atoms with E-state index in [-0.39, 0.29) is 11.6 Å². The minimum atomic E-state index is -5.08. The van der Waals surface area contributed by atoms with Gasteiger partial charge < -0.3 is 16.6 Å². The Morgan fingerprint density at radius 2 is 1.91 bits per heavy atom. The number of nitrogens with zero attached hydrogens (tertiary/aromatic N) is 2. The van der Waals surface area contributed by atoms with Crippen LogP contribution in [0.4, 0.5) is 13.2 Å². The number of carbonyl (C=O) groups is 1. The molecule has 9 heteroatoms. The summed E-state index contributed by atoms with van der Waals surface area (Å²) in [5.74, 6) is -1.74. The topological polar surface area (TPSA) is 115 Å². The second kappa shape index (κ2) is 11.7. The van der Waals surface area contributed by atoms with Crippen molar-refractivity contribution < 1.29 is 23.1 Å². The zero-order valence-corrected chi connectivity index (χ0v) is 19.3. The first-order chi connectivity index (χ1) is 15.5. The molecule has 33 heavy (non-hydrogen) atoms. The van der Waals surface area contributed by atoms with E-state index in [0.29, 0.717) is 11.8 Å². The Morgan fingerprint density at radius 3 is 2.52 bits per heavy atom. The van der Waals surface area contributed by atoms with Crippen LogP contribution >= 0.6 is 0 Å². The maximum absolute atomic E-state index is 10.6. The molecule has 1 heterocycles. The molecule has 6 nitrogen and oxygen atoms in total. The van der Waals surface area contributed by atoms with Gasteiger partial charge in [0.2, 0.25) is 0 Å². The monoisotopic (exact) mass is 468 g/mol. The summed E-state index contributed by atoms with van der Waals surface area (Å²) in [4.78, 5) is 18.0. The van der Waals surface area contributed by atoms with E-state index >= 15 is 0 Å². The van der Waals surface area contributed by atoms with Crippen molar-refractivity contribution in [2.45, 2.75) is 83.0 Å². The highest BCUT2D eigenvalue weighted by atomic mass is 19.4. The number of aromatic nitrogens is 2. The molecule has 1 aliphatic rings. The second-order valence-electron chi connectivity index (χ2n) is 8.88. The van der Waals surface area contributed by atoms with Gasteiger partial charge in [0, 0.05) is 29.5 Å². The van der Waals surface area contributed by atoms with Gasteiger partial charge in [0.05, 0.1) is 11.0 Å². The molecule has 1 aromatic heterocycles. The second-order valence-corrected chi connectivity index (χ2v) is 8.88. The summed E-state index contributed by atoms with van der Waals surface area (Å²) in [5.41, 5.74) is 16.3. The minimum Gasteiger partial charge on any atom is -0.475 e. The molecule has 4 atom stereocenters. The fourth-order valence-corrected chi connectivity index (χ4v) is 4.93. The van der Waals surface area contributed by atoms with E-state index in [0.717, 1.165) is 42.3 Å². The standard InChI is InChI=1S/C22H34N4.C2HF3O2/c1-3-5-6-8-16(4-2)19-15-17(23)11-12-22(19,24)18-9-7-10-20-21(18)26-14-13-25-20;3-2(4,5)1(6)7/h7,9-10,13-14,16-17,19H,3-6,8,11-12,15,23-24H2,1-2H3;(H,6,7). The normalized spacial score (nSPS) is 24.1. The number of hydrogen-bond acceptors (Lipinski definition) is 5. The largest absolute Gasteiger partial charge is 0.490 e. The van der Waals surface area contributed by atoms with Gasteiger partial charge in [-0.3, -0.25) is 9.97 Å². The summed E-state index contributed by atoms with van der Waals surface area (Å²) in [5, 5.41) is 7.12. The molecule has 0 saturated heterocycles. The lowest BCUT2D eigenvalue weighted by atomic mass is 9.62. The average Bonchev–Trinajstić information content (AvgIpc) is 2.78. The van der Waals surface area contributed by atoms with Crippen molar-refractivity contribution in [3.8, 4) is 0 Å². The molecule has 0 bridgehead atoms. The van der Waals surface area contributed by atoms with Gasteiger partial charge in [-0.15, -0.1) is 0 Å². The molecular weight excluding hydrogens is 433 g/mol. The van der Waals surface area contributed by atoms with Crippen LogP contribution in [0.5, 0.6) is 0 Å². The highest BCUT2D eigenvalue weighted by Gasteiger charge is 2.45. The Balaban J connectivity index is 0.000000479. The maximum Gasteiger partial charge on any atom is 0.490 e. The lowest BCUT2D eigenvalue weighted by Gasteiger charge is -2.47. The Morgan fingerprint density at radius 1 is 1.24 bits per heavy atom. The van der Waals surface area contributed by atoms with Crippen molar-refractivity contribution in [3.63, 3.8) is 0 Å². The molecule has 4 unspecified atom stereocenters. The molecule has 3 rings (SSSR count). The predicted octanol–water partition coefficient (Wildman–Crippen LogP) is 5.15. The van der Waals surface area contributed by atoms with Crippen LogP contribution < -0.4 is 11.5 Å². The Bertz CT molecular complexity index is 903. The van der Waals surface area contributed by atoms with Gasteiger partial charge in [-0.1, -0.05) is 58.1 Å². The average molecular weight is 469 g/mol. The number of fused-ring (bicyclic) bond motifs is 1. The number of rotatable bonds is 7. The van der Waals surface area contributed by atoms with E-state index in [2.05, 4.69) is 35.9 Å². The van der Waals surface area contributed by atoms with Gasteiger partial charge in [-0.2, -0.15) is 13.2 Å². The zero-order valence-electron chi connectivity index (χ0n) is 19.3. The summed E-state index contributed by atoms with van der Waals surface area (Å²) in [6, 6.07) is 6.53. The van der Waals surface area contributed by atoms with Crippen LogP contribution in [0.1, 0.15) is 70.8 Å². The van der Waals surface area contributed by atoms with Crippen LogP contribution in [0, 0.1) is 11.8 Å². The Labute approximate surface area is 193 Å². The molecule has 184 valence electrons. The zero-order chi connectivity index (χ0) is 24.6. The molecule has 2 aromatic rings. The van der Waals surface area contributed by atoms with Crippen LogP contribution in [0.3, 0.4) is 0 Å². The molecule has 1 aliphatic carbocycles. The SMILES string of the molecule is CCCCCC(CC)C1CC(N)CCC1(N)c1cccc2nccnc12.O=C(O)C(F)(F)F. The third-order valence-electron chi connectivity index (χ3n) is 6.66. The molecule has 1 fully saturated rings. The molecular formula is C24H35F3N4O2. The van der Waals surface area contributed by atoms with Gasteiger partial charge in [-0.05, 0) is 37.2 Å². The third kappa shape index (κ3) is 6.86. The van der Waals surface area contributed by atoms with Crippen LogP contribution in [0.15, 0.2) is 30.6 Å². The van der Waals surface area contributed by atoms with Gasteiger partial charge in [0.25, 0.3) is 0 Å². The summed E-state index contributed by atoms with van der Waals surface area (Å²) >= 11 is 0.